The van der Waals surface area contributed by atoms with Crippen LogP contribution in [0.5, 0.6) is 0 Å². The summed E-state index contributed by atoms with van der Waals surface area (Å²) in [6.07, 6.45) is 0. The zero-order valence-electron chi connectivity index (χ0n) is 19.6. The lowest BCUT2D eigenvalue weighted by Crippen LogP contribution is -2.09. The maximum atomic E-state index is 6.68. The topological polar surface area (TPSA) is 16.4 Å². The fourth-order valence-corrected chi connectivity index (χ4v) is 5.15. The van der Waals surface area contributed by atoms with Crippen LogP contribution in [0.1, 0.15) is 0 Å². The SMILES string of the molecule is c1ccc(-c2cc(N(c3ccccc3)c3ccccc3)cc3c2oc2c4ccccc4ccc32)cc1. The second-order valence-electron chi connectivity index (χ2n) is 9.01. The highest BCUT2D eigenvalue weighted by atomic mass is 16.3. The van der Waals surface area contributed by atoms with Gasteiger partial charge in [0.2, 0.25) is 0 Å². The van der Waals surface area contributed by atoms with Crippen molar-refractivity contribution < 1.29 is 4.42 Å². The zero-order chi connectivity index (χ0) is 23.9. The molecule has 0 amide bonds. The summed E-state index contributed by atoms with van der Waals surface area (Å²) >= 11 is 0. The summed E-state index contributed by atoms with van der Waals surface area (Å²) in [6, 6.07) is 48.9. The molecule has 0 saturated carbocycles. The van der Waals surface area contributed by atoms with E-state index >= 15 is 0 Å². The first-order valence-electron chi connectivity index (χ1n) is 12.2. The Bertz CT molecular complexity index is 1780. The average molecular weight is 462 g/mol. The summed E-state index contributed by atoms with van der Waals surface area (Å²) in [7, 11) is 0. The van der Waals surface area contributed by atoms with Gasteiger partial charge in [0, 0.05) is 38.8 Å². The minimum absolute atomic E-state index is 0.914. The van der Waals surface area contributed by atoms with E-state index in [2.05, 4.69) is 144 Å². The predicted octanol–water partition coefficient (Wildman–Crippen LogP) is 9.88. The molecule has 0 aliphatic carbocycles. The number of rotatable bonds is 4. The molecule has 0 aliphatic heterocycles. The molecule has 0 N–H and O–H groups in total. The van der Waals surface area contributed by atoms with Crippen LogP contribution in [0.3, 0.4) is 0 Å². The molecular weight excluding hydrogens is 438 g/mol. The standard InChI is InChI=1S/C34H23NO/c1-4-12-24(13-5-1)31-22-28(35(26-15-6-2-7-16-26)27-17-8-3-9-18-27)23-32-30-21-20-25-14-10-11-19-29(25)33(30)36-34(31)32/h1-23H. The van der Waals surface area contributed by atoms with Crippen LogP contribution in [0.25, 0.3) is 43.8 Å². The second-order valence-corrected chi connectivity index (χ2v) is 9.01. The Morgan fingerprint density at radius 2 is 1.03 bits per heavy atom. The first-order valence-corrected chi connectivity index (χ1v) is 12.2. The van der Waals surface area contributed by atoms with E-state index in [1.54, 1.807) is 0 Å². The van der Waals surface area contributed by atoms with Crippen LogP contribution in [0.4, 0.5) is 17.1 Å². The lowest BCUT2D eigenvalue weighted by molar-refractivity contribution is 0.674. The van der Waals surface area contributed by atoms with E-state index in [0.29, 0.717) is 0 Å². The molecule has 170 valence electrons. The first kappa shape index (κ1) is 20.5. The molecule has 0 aliphatic rings. The van der Waals surface area contributed by atoms with Crippen molar-refractivity contribution in [3.8, 4) is 11.1 Å². The van der Waals surface area contributed by atoms with Crippen molar-refractivity contribution in [2.45, 2.75) is 0 Å². The van der Waals surface area contributed by atoms with E-state index < -0.39 is 0 Å². The predicted molar refractivity (Wildman–Crippen MR) is 151 cm³/mol. The van der Waals surface area contributed by atoms with Crippen LogP contribution in [0.15, 0.2) is 144 Å². The normalized spacial score (nSPS) is 11.3. The Kier molecular flexibility index (Phi) is 4.82. The monoisotopic (exact) mass is 461 g/mol. The number of fused-ring (bicyclic) bond motifs is 5. The summed E-state index contributed by atoms with van der Waals surface area (Å²) < 4.78 is 6.68. The highest BCUT2D eigenvalue weighted by molar-refractivity contribution is 6.18. The lowest BCUT2D eigenvalue weighted by atomic mass is 9.99. The molecule has 7 aromatic rings. The minimum Gasteiger partial charge on any atom is -0.455 e. The Morgan fingerprint density at radius 3 is 1.72 bits per heavy atom. The molecule has 0 spiro atoms. The maximum Gasteiger partial charge on any atom is 0.143 e. The molecule has 7 rings (SSSR count). The summed E-state index contributed by atoms with van der Waals surface area (Å²) in [6.45, 7) is 0. The fourth-order valence-electron chi connectivity index (χ4n) is 5.15. The Labute approximate surface area is 209 Å². The van der Waals surface area contributed by atoms with Gasteiger partial charge in [0.15, 0.2) is 0 Å². The van der Waals surface area contributed by atoms with Crippen molar-refractivity contribution >= 4 is 49.8 Å². The fraction of sp³-hybridized carbons (Fsp3) is 0. The van der Waals surface area contributed by atoms with Gasteiger partial charge in [0.1, 0.15) is 11.2 Å². The Hall–Kier alpha value is -4.82. The summed E-state index contributed by atoms with van der Waals surface area (Å²) in [4.78, 5) is 2.31. The van der Waals surface area contributed by atoms with Gasteiger partial charge in [0.25, 0.3) is 0 Å². The van der Waals surface area contributed by atoms with Gasteiger partial charge in [-0.1, -0.05) is 97.1 Å². The third-order valence-electron chi connectivity index (χ3n) is 6.82. The number of benzene rings is 6. The molecule has 1 heterocycles. The van der Waals surface area contributed by atoms with E-state index in [0.717, 1.165) is 55.5 Å². The van der Waals surface area contributed by atoms with Crippen molar-refractivity contribution in [1.82, 2.24) is 0 Å². The van der Waals surface area contributed by atoms with Crippen LogP contribution in [0.2, 0.25) is 0 Å². The summed E-state index contributed by atoms with van der Waals surface area (Å²) in [5, 5.41) is 4.56. The molecule has 0 bridgehead atoms. The highest BCUT2D eigenvalue weighted by Gasteiger charge is 2.20. The van der Waals surface area contributed by atoms with Crippen LogP contribution in [0, 0.1) is 0 Å². The maximum absolute atomic E-state index is 6.68. The van der Waals surface area contributed by atoms with Gasteiger partial charge in [-0.3, -0.25) is 0 Å². The molecule has 36 heavy (non-hydrogen) atoms. The zero-order valence-corrected chi connectivity index (χ0v) is 19.6. The second kappa shape index (κ2) is 8.44. The largest absolute Gasteiger partial charge is 0.455 e. The Morgan fingerprint density at radius 1 is 0.417 bits per heavy atom. The molecule has 1 aromatic heterocycles. The van der Waals surface area contributed by atoms with Gasteiger partial charge in [-0.15, -0.1) is 0 Å². The molecular formula is C34H23NO. The molecule has 2 heteroatoms. The summed E-state index contributed by atoms with van der Waals surface area (Å²) in [5.74, 6) is 0. The van der Waals surface area contributed by atoms with E-state index in [-0.39, 0.29) is 0 Å². The Balaban J connectivity index is 1.58. The van der Waals surface area contributed by atoms with E-state index in [9.17, 15) is 0 Å². The third kappa shape index (κ3) is 3.35. The van der Waals surface area contributed by atoms with Gasteiger partial charge < -0.3 is 9.32 Å². The molecule has 6 aromatic carbocycles. The van der Waals surface area contributed by atoms with E-state index in [1.807, 2.05) is 0 Å². The van der Waals surface area contributed by atoms with Gasteiger partial charge in [-0.25, -0.2) is 0 Å². The number of anilines is 3. The molecule has 2 nitrogen and oxygen atoms in total. The van der Waals surface area contributed by atoms with Crippen molar-refractivity contribution in [1.29, 1.82) is 0 Å². The summed E-state index contributed by atoms with van der Waals surface area (Å²) in [5.41, 5.74) is 7.38. The number of hydrogen-bond donors (Lipinski definition) is 0. The van der Waals surface area contributed by atoms with Crippen LogP contribution in [-0.4, -0.2) is 0 Å². The van der Waals surface area contributed by atoms with Crippen molar-refractivity contribution in [3.63, 3.8) is 0 Å². The smallest absolute Gasteiger partial charge is 0.143 e. The van der Waals surface area contributed by atoms with E-state index in [1.165, 1.54) is 5.39 Å². The molecule has 0 atom stereocenters. The quantitative estimate of drug-likeness (QED) is 0.259. The van der Waals surface area contributed by atoms with Gasteiger partial charge >= 0.3 is 0 Å². The van der Waals surface area contributed by atoms with E-state index in [4.69, 9.17) is 4.42 Å². The van der Waals surface area contributed by atoms with Crippen molar-refractivity contribution in [3.05, 3.63) is 140 Å². The lowest BCUT2D eigenvalue weighted by Gasteiger charge is -2.26. The molecule has 0 radical (unpaired) electrons. The number of para-hydroxylation sites is 2. The van der Waals surface area contributed by atoms with Gasteiger partial charge in [0.05, 0.1) is 0 Å². The van der Waals surface area contributed by atoms with Gasteiger partial charge in [-0.05, 0) is 53.4 Å². The number of furan rings is 1. The highest BCUT2D eigenvalue weighted by Crippen LogP contribution is 2.44. The molecule has 0 fully saturated rings. The van der Waals surface area contributed by atoms with Crippen molar-refractivity contribution in [2.24, 2.45) is 0 Å². The third-order valence-corrected chi connectivity index (χ3v) is 6.82. The average Bonchev–Trinajstić information content (AvgIpc) is 3.34. The first-order chi connectivity index (χ1) is 17.9. The van der Waals surface area contributed by atoms with Gasteiger partial charge in [-0.2, -0.15) is 0 Å². The van der Waals surface area contributed by atoms with Crippen LogP contribution >= 0.6 is 0 Å². The molecule has 0 unspecified atom stereocenters. The number of nitrogens with zero attached hydrogens (tertiary/aromatic N) is 1. The van der Waals surface area contributed by atoms with Crippen LogP contribution in [-0.2, 0) is 0 Å². The minimum atomic E-state index is 0.914. The van der Waals surface area contributed by atoms with Crippen LogP contribution < -0.4 is 4.90 Å². The van der Waals surface area contributed by atoms with Crippen molar-refractivity contribution in [2.75, 3.05) is 4.90 Å². The number of hydrogen-bond acceptors (Lipinski definition) is 2. The molecule has 0 saturated heterocycles.